The van der Waals surface area contributed by atoms with E-state index in [-0.39, 0.29) is 6.09 Å². The van der Waals surface area contributed by atoms with Gasteiger partial charge in [0, 0.05) is 19.5 Å². The van der Waals surface area contributed by atoms with Crippen molar-refractivity contribution in [3.8, 4) is 0 Å². The van der Waals surface area contributed by atoms with E-state index in [4.69, 9.17) is 4.74 Å². The summed E-state index contributed by atoms with van der Waals surface area (Å²) in [5.41, 5.74) is 1.08. The van der Waals surface area contributed by atoms with Crippen molar-refractivity contribution in [2.45, 2.75) is 39.0 Å². The molecule has 0 aromatic rings. The van der Waals surface area contributed by atoms with Gasteiger partial charge in [0.2, 0.25) is 0 Å². The van der Waals surface area contributed by atoms with Gasteiger partial charge < -0.3 is 4.74 Å². The van der Waals surface area contributed by atoms with Crippen molar-refractivity contribution in [2.24, 2.45) is 0 Å². The maximum absolute atomic E-state index is 13.9. The van der Waals surface area contributed by atoms with Crippen LogP contribution in [0.3, 0.4) is 0 Å². The van der Waals surface area contributed by atoms with Gasteiger partial charge in [-0.25, -0.2) is 9.18 Å². The first-order valence-corrected chi connectivity index (χ1v) is 6.75. The summed E-state index contributed by atoms with van der Waals surface area (Å²) in [5, 5.41) is 0. The van der Waals surface area contributed by atoms with E-state index in [2.05, 4.69) is 15.9 Å². The Balaban J connectivity index is 2.05. The van der Waals surface area contributed by atoms with Crippen LogP contribution in [0.2, 0.25) is 0 Å². The van der Waals surface area contributed by atoms with Crippen LogP contribution in [-0.4, -0.2) is 35.9 Å². The van der Waals surface area contributed by atoms with Crippen molar-refractivity contribution >= 4 is 22.0 Å². The van der Waals surface area contributed by atoms with Gasteiger partial charge in [-0.3, -0.25) is 4.90 Å². The Bertz CT molecular complexity index is 437. The number of halogens is 2. The normalized spacial score (nSPS) is 23.9. The molecule has 1 aliphatic heterocycles. The van der Waals surface area contributed by atoms with Crippen molar-refractivity contribution in [3.05, 3.63) is 21.7 Å². The van der Waals surface area contributed by atoms with Crippen LogP contribution < -0.4 is 0 Å². The molecule has 1 heterocycles. The average molecular weight is 318 g/mol. The number of nitrogens with zero attached hydrogens (tertiary/aromatic N) is 1. The number of amides is 1. The summed E-state index contributed by atoms with van der Waals surface area (Å²) in [6.07, 6.45) is 0.900. The van der Waals surface area contributed by atoms with Gasteiger partial charge in [-0.2, -0.15) is 0 Å². The summed E-state index contributed by atoms with van der Waals surface area (Å²) in [4.78, 5) is 13.5. The van der Waals surface area contributed by atoms with Crippen molar-refractivity contribution in [1.82, 2.24) is 4.90 Å². The minimum atomic E-state index is -0.994. The van der Waals surface area contributed by atoms with Gasteiger partial charge in [0.25, 0.3) is 0 Å². The summed E-state index contributed by atoms with van der Waals surface area (Å²) >= 11 is 3.32. The van der Waals surface area contributed by atoms with Gasteiger partial charge in [0.1, 0.15) is 11.8 Å². The first kappa shape index (κ1) is 13.6. The van der Waals surface area contributed by atoms with Crippen LogP contribution in [0.15, 0.2) is 21.7 Å². The number of carbonyl (C=O) groups is 1. The van der Waals surface area contributed by atoms with Crippen molar-refractivity contribution in [1.29, 1.82) is 0 Å². The number of carbonyl (C=O) groups excluding carboxylic acids is 1. The Hall–Kier alpha value is -0.840. The molecule has 18 heavy (non-hydrogen) atoms. The molecule has 0 saturated heterocycles. The number of ether oxygens (including phenoxy) is 1. The lowest BCUT2D eigenvalue weighted by atomic mass is 9.99. The number of hydrogen-bond acceptors (Lipinski definition) is 2. The topological polar surface area (TPSA) is 29.5 Å². The molecule has 1 atom stereocenters. The van der Waals surface area contributed by atoms with Gasteiger partial charge in [0.15, 0.2) is 0 Å². The first-order valence-electron chi connectivity index (χ1n) is 5.96. The summed E-state index contributed by atoms with van der Waals surface area (Å²) in [5.74, 6) is 0. The number of rotatable bonds is 0. The zero-order valence-electron chi connectivity index (χ0n) is 10.8. The highest BCUT2D eigenvalue weighted by Crippen LogP contribution is 2.34. The Morgan fingerprint density at radius 3 is 2.78 bits per heavy atom. The number of alkyl halides is 1. The molecular formula is C13H17BrFNO2. The minimum Gasteiger partial charge on any atom is -0.444 e. The van der Waals surface area contributed by atoms with E-state index >= 15 is 0 Å². The van der Waals surface area contributed by atoms with Gasteiger partial charge in [-0.15, -0.1) is 0 Å². The quantitative estimate of drug-likeness (QED) is 0.683. The highest BCUT2D eigenvalue weighted by Gasteiger charge is 2.34. The minimum absolute atomic E-state index is 0.336. The largest absolute Gasteiger partial charge is 0.444 e. The van der Waals surface area contributed by atoms with Crippen LogP contribution in [0, 0.1) is 0 Å². The predicted octanol–water partition coefficient (Wildman–Crippen LogP) is 3.55. The summed E-state index contributed by atoms with van der Waals surface area (Å²) in [7, 11) is 0. The molecule has 0 fully saturated rings. The second-order valence-corrected chi connectivity index (χ2v) is 6.67. The highest BCUT2D eigenvalue weighted by atomic mass is 79.9. The lowest BCUT2D eigenvalue weighted by Gasteiger charge is -2.24. The van der Waals surface area contributed by atoms with E-state index in [0.29, 0.717) is 25.1 Å². The molecule has 0 saturated carbocycles. The molecule has 0 N–H and O–H groups in total. The third kappa shape index (κ3) is 2.94. The molecule has 2 aliphatic rings. The summed E-state index contributed by atoms with van der Waals surface area (Å²) < 4.78 is 20.0. The van der Waals surface area contributed by atoms with Gasteiger partial charge >= 0.3 is 6.09 Å². The monoisotopic (exact) mass is 317 g/mol. The molecular weight excluding hydrogens is 301 g/mol. The molecule has 0 bridgehead atoms. The third-order valence-electron chi connectivity index (χ3n) is 2.87. The second-order valence-electron chi connectivity index (χ2n) is 5.65. The highest BCUT2D eigenvalue weighted by molar-refractivity contribution is 9.11. The van der Waals surface area contributed by atoms with Crippen LogP contribution >= 0.6 is 15.9 Å². The third-order valence-corrected chi connectivity index (χ3v) is 3.42. The molecule has 0 aromatic carbocycles. The second kappa shape index (κ2) is 4.68. The van der Waals surface area contributed by atoms with Crippen LogP contribution in [0.4, 0.5) is 9.18 Å². The summed E-state index contributed by atoms with van der Waals surface area (Å²) in [6, 6.07) is 0. The van der Waals surface area contributed by atoms with Gasteiger partial charge in [-0.1, -0.05) is 15.9 Å². The molecule has 0 radical (unpaired) electrons. The molecule has 1 aliphatic carbocycles. The lowest BCUT2D eigenvalue weighted by Crippen LogP contribution is -2.36. The Labute approximate surface area is 115 Å². The molecule has 1 amide bonds. The van der Waals surface area contributed by atoms with E-state index in [9.17, 15) is 9.18 Å². The standard InChI is InChI=1S/C13H17BrFNO2/c1-13(2,3)18-12(17)16-6-8-4-9(14)5-11(15)10(8)7-16/h4,11H,5-7H2,1-3H3. The summed E-state index contributed by atoms with van der Waals surface area (Å²) in [6.45, 7) is 6.23. The van der Waals surface area contributed by atoms with Crippen molar-refractivity contribution < 1.29 is 13.9 Å². The average Bonchev–Trinajstić information content (AvgIpc) is 2.58. The van der Waals surface area contributed by atoms with Crippen LogP contribution in [0.5, 0.6) is 0 Å². The van der Waals surface area contributed by atoms with Crippen molar-refractivity contribution in [3.63, 3.8) is 0 Å². The zero-order chi connectivity index (χ0) is 13.5. The number of hydrogen-bond donors (Lipinski definition) is 0. The lowest BCUT2D eigenvalue weighted by molar-refractivity contribution is 0.0298. The van der Waals surface area contributed by atoms with E-state index in [0.717, 1.165) is 10.1 Å². The van der Waals surface area contributed by atoms with Crippen LogP contribution in [-0.2, 0) is 4.74 Å². The zero-order valence-corrected chi connectivity index (χ0v) is 12.4. The maximum Gasteiger partial charge on any atom is 0.410 e. The first-order chi connectivity index (χ1) is 8.26. The molecule has 0 spiro atoms. The fourth-order valence-corrected chi connectivity index (χ4v) is 2.67. The Morgan fingerprint density at radius 2 is 2.17 bits per heavy atom. The Kier molecular flexibility index (Phi) is 3.54. The van der Waals surface area contributed by atoms with Crippen molar-refractivity contribution in [2.75, 3.05) is 13.1 Å². The fraction of sp³-hybridized carbons (Fsp3) is 0.615. The number of allylic oxidation sites excluding steroid dienone is 1. The van der Waals surface area contributed by atoms with Crippen LogP contribution in [0.1, 0.15) is 27.2 Å². The van der Waals surface area contributed by atoms with E-state index in [1.807, 2.05) is 26.8 Å². The molecule has 2 rings (SSSR count). The van der Waals surface area contributed by atoms with E-state index < -0.39 is 11.8 Å². The maximum atomic E-state index is 13.9. The molecule has 5 heteroatoms. The van der Waals surface area contributed by atoms with E-state index in [1.165, 1.54) is 0 Å². The smallest absolute Gasteiger partial charge is 0.410 e. The molecule has 3 nitrogen and oxygen atoms in total. The van der Waals surface area contributed by atoms with E-state index in [1.54, 1.807) is 4.90 Å². The van der Waals surface area contributed by atoms with Gasteiger partial charge in [-0.05, 0) is 42.5 Å². The Morgan fingerprint density at radius 1 is 1.50 bits per heavy atom. The fourth-order valence-electron chi connectivity index (χ4n) is 2.11. The van der Waals surface area contributed by atoms with Crippen LogP contribution in [0.25, 0.3) is 0 Å². The molecule has 0 aromatic heterocycles. The SMILES string of the molecule is CC(C)(C)OC(=O)N1CC2=C(C1)C(F)CC(Br)=C2. The van der Waals surface area contributed by atoms with Gasteiger partial charge in [0.05, 0.1) is 0 Å². The molecule has 100 valence electrons. The predicted molar refractivity (Wildman–Crippen MR) is 71.4 cm³/mol. The molecule has 1 unspecified atom stereocenters.